The molecule has 2 heterocycles. The van der Waals surface area contributed by atoms with Crippen LogP contribution in [-0.2, 0) is 14.2 Å². The standard InChI is InChI=1S/C21H32O3/c1-14(2)7-5-9-16-13-23-21-19-17(16)12-11-15(3)8-6-10-18(19)20(22-4)24-21/h7-8,10,16-17,19-21H,5-6,9,11-13H2,1-4H3/b15-8+,18-10?/t16?,17-,19-,20+,21+/m0/s1. The summed E-state index contributed by atoms with van der Waals surface area (Å²) in [7, 11) is 1.73. The van der Waals surface area contributed by atoms with E-state index in [2.05, 4.69) is 39.0 Å². The molecule has 0 aromatic rings. The van der Waals surface area contributed by atoms with Crippen molar-refractivity contribution in [2.75, 3.05) is 13.7 Å². The molecule has 3 rings (SSSR count). The molecule has 0 radical (unpaired) electrons. The largest absolute Gasteiger partial charge is 0.352 e. The minimum absolute atomic E-state index is 0.121. The van der Waals surface area contributed by atoms with Gasteiger partial charge in [0.05, 0.1) is 6.61 Å². The third kappa shape index (κ3) is 3.84. The van der Waals surface area contributed by atoms with Crippen molar-refractivity contribution >= 4 is 0 Å². The Balaban J connectivity index is 1.83. The van der Waals surface area contributed by atoms with Crippen LogP contribution < -0.4 is 0 Å². The monoisotopic (exact) mass is 332 g/mol. The molecular formula is C21H32O3. The fourth-order valence-corrected chi connectivity index (χ4v) is 4.44. The van der Waals surface area contributed by atoms with Crippen LogP contribution >= 0.6 is 0 Å². The van der Waals surface area contributed by atoms with E-state index in [1.165, 1.54) is 36.0 Å². The number of methoxy groups -OCH3 is 1. The smallest absolute Gasteiger partial charge is 0.183 e. The van der Waals surface area contributed by atoms with E-state index in [1.807, 2.05) is 0 Å². The summed E-state index contributed by atoms with van der Waals surface area (Å²) in [6.45, 7) is 7.43. The van der Waals surface area contributed by atoms with Gasteiger partial charge in [-0.3, -0.25) is 0 Å². The summed E-state index contributed by atoms with van der Waals surface area (Å²) in [4.78, 5) is 0. The summed E-state index contributed by atoms with van der Waals surface area (Å²) in [5.41, 5.74) is 4.22. The molecule has 2 aliphatic heterocycles. The number of ether oxygens (including phenoxy) is 3. The first kappa shape index (κ1) is 17.9. The number of allylic oxidation sites excluding steroid dienone is 5. The zero-order chi connectivity index (χ0) is 17.1. The maximum atomic E-state index is 6.12. The number of hydrogen-bond donors (Lipinski definition) is 0. The van der Waals surface area contributed by atoms with Gasteiger partial charge in [-0.1, -0.05) is 29.4 Å². The van der Waals surface area contributed by atoms with Gasteiger partial charge in [0, 0.05) is 13.0 Å². The van der Waals surface area contributed by atoms with Crippen LogP contribution in [0.25, 0.3) is 0 Å². The predicted molar refractivity (Wildman–Crippen MR) is 96.4 cm³/mol. The fourth-order valence-electron chi connectivity index (χ4n) is 4.44. The second kappa shape index (κ2) is 7.99. The second-order valence-corrected chi connectivity index (χ2v) is 7.74. The van der Waals surface area contributed by atoms with Crippen LogP contribution in [-0.4, -0.2) is 26.3 Å². The van der Waals surface area contributed by atoms with Crippen LogP contribution in [0.4, 0.5) is 0 Å². The molecule has 0 amide bonds. The summed E-state index contributed by atoms with van der Waals surface area (Å²) in [6, 6.07) is 0. The SMILES string of the molecule is CO[C@@H]1O[C@H]2OCC(CCC=C(C)C)[C@@H]3CC/C(C)=C/CC=C1[C@@H]23. The predicted octanol–water partition coefficient (Wildman–Crippen LogP) is 5.00. The lowest BCUT2D eigenvalue weighted by molar-refractivity contribution is -0.230. The van der Waals surface area contributed by atoms with Crippen molar-refractivity contribution in [2.45, 2.75) is 65.5 Å². The normalized spacial score (nSPS) is 38.1. The topological polar surface area (TPSA) is 27.7 Å². The Hall–Kier alpha value is -0.900. The van der Waals surface area contributed by atoms with Gasteiger partial charge < -0.3 is 14.2 Å². The van der Waals surface area contributed by atoms with Gasteiger partial charge in [-0.25, -0.2) is 0 Å². The highest BCUT2D eigenvalue weighted by molar-refractivity contribution is 5.21. The molecule has 0 bridgehead atoms. The molecule has 1 aliphatic carbocycles. The Kier molecular flexibility index (Phi) is 5.96. The molecule has 0 spiro atoms. The lowest BCUT2D eigenvalue weighted by Gasteiger charge is -2.39. The molecule has 2 saturated heterocycles. The molecule has 24 heavy (non-hydrogen) atoms. The summed E-state index contributed by atoms with van der Waals surface area (Å²) in [5, 5.41) is 0. The maximum absolute atomic E-state index is 6.12. The van der Waals surface area contributed by atoms with Crippen molar-refractivity contribution < 1.29 is 14.2 Å². The summed E-state index contributed by atoms with van der Waals surface area (Å²) < 4.78 is 17.8. The van der Waals surface area contributed by atoms with Crippen molar-refractivity contribution in [1.82, 2.24) is 0 Å². The summed E-state index contributed by atoms with van der Waals surface area (Å²) in [5.74, 6) is 1.59. The molecular weight excluding hydrogens is 300 g/mol. The quantitative estimate of drug-likeness (QED) is 0.678. The molecule has 3 aliphatic rings. The lowest BCUT2D eigenvalue weighted by Crippen LogP contribution is -2.40. The Morgan fingerprint density at radius 3 is 2.92 bits per heavy atom. The van der Waals surface area contributed by atoms with Crippen molar-refractivity contribution in [2.24, 2.45) is 17.8 Å². The Morgan fingerprint density at radius 2 is 2.17 bits per heavy atom. The molecule has 3 nitrogen and oxygen atoms in total. The summed E-state index contributed by atoms with van der Waals surface area (Å²) >= 11 is 0. The van der Waals surface area contributed by atoms with E-state index < -0.39 is 0 Å². The first-order chi connectivity index (χ1) is 11.6. The van der Waals surface area contributed by atoms with Gasteiger partial charge >= 0.3 is 0 Å². The molecule has 3 heteroatoms. The Morgan fingerprint density at radius 1 is 1.33 bits per heavy atom. The molecule has 0 N–H and O–H groups in total. The molecule has 0 aromatic heterocycles. The molecule has 1 unspecified atom stereocenters. The third-order valence-corrected chi connectivity index (χ3v) is 5.75. The van der Waals surface area contributed by atoms with Crippen molar-refractivity contribution in [3.63, 3.8) is 0 Å². The molecule has 0 aromatic carbocycles. The van der Waals surface area contributed by atoms with Crippen molar-refractivity contribution in [1.29, 1.82) is 0 Å². The average molecular weight is 332 g/mol. The van der Waals surface area contributed by atoms with Gasteiger partial charge in [-0.15, -0.1) is 0 Å². The number of hydrogen-bond acceptors (Lipinski definition) is 3. The lowest BCUT2D eigenvalue weighted by atomic mass is 9.72. The van der Waals surface area contributed by atoms with Crippen LogP contribution in [0.15, 0.2) is 34.9 Å². The summed E-state index contributed by atoms with van der Waals surface area (Å²) in [6.07, 6.45) is 12.4. The van der Waals surface area contributed by atoms with Gasteiger partial charge in [0.2, 0.25) is 0 Å². The molecule has 0 saturated carbocycles. The van der Waals surface area contributed by atoms with Crippen LogP contribution in [0.2, 0.25) is 0 Å². The first-order valence-corrected chi connectivity index (χ1v) is 9.39. The van der Waals surface area contributed by atoms with Crippen molar-refractivity contribution in [3.8, 4) is 0 Å². The molecule has 134 valence electrons. The third-order valence-electron chi connectivity index (χ3n) is 5.75. The van der Waals surface area contributed by atoms with Crippen LogP contribution in [0.1, 0.15) is 52.9 Å². The minimum atomic E-state index is -0.231. The number of rotatable bonds is 4. The maximum Gasteiger partial charge on any atom is 0.183 e. The van der Waals surface area contributed by atoms with Gasteiger partial charge in [-0.05, 0) is 70.3 Å². The van der Waals surface area contributed by atoms with E-state index in [0.717, 1.165) is 19.4 Å². The van der Waals surface area contributed by atoms with E-state index in [-0.39, 0.29) is 12.6 Å². The van der Waals surface area contributed by atoms with E-state index in [1.54, 1.807) is 7.11 Å². The molecule has 5 atom stereocenters. The van der Waals surface area contributed by atoms with Crippen LogP contribution in [0.5, 0.6) is 0 Å². The van der Waals surface area contributed by atoms with Crippen LogP contribution in [0, 0.1) is 17.8 Å². The van der Waals surface area contributed by atoms with Crippen molar-refractivity contribution in [3.05, 3.63) is 34.9 Å². The van der Waals surface area contributed by atoms with Gasteiger partial charge in [0.1, 0.15) is 0 Å². The van der Waals surface area contributed by atoms with E-state index in [0.29, 0.717) is 17.8 Å². The Labute approximate surface area is 146 Å². The highest BCUT2D eigenvalue weighted by Crippen LogP contribution is 2.48. The van der Waals surface area contributed by atoms with Gasteiger partial charge in [0.25, 0.3) is 0 Å². The minimum Gasteiger partial charge on any atom is -0.352 e. The second-order valence-electron chi connectivity index (χ2n) is 7.74. The van der Waals surface area contributed by atoms with Crippen LogP contribution in [0.3, 0.4) is 0 Å². The zero-order valence-corrected chi connectivity index (χ0v) is 15.6. The first-order valence-electron chi connectivity index (χ1n) is 9.39. The van der Waals surface area contributed by atoms with E-state index in [9.17, 15) is 0 Å². The van der Waals surface area contributed by atoms with E-state index in [4.69, 9.17) is 14.2 Å². The average Bonchev–Trinajstić information content (AvgIpc) is 2.93. The van der Waals surface area contributed by atoms with E-state index >= 15 is 0 Å². The highest BCUT2D eigenvalue weighted by Gasteiger charge is 2.49. The van der Waals surface area contributed by atoms with Gasteiger partial charge in [-0.2, -0.15) is 0 Å². The highest BCUT2D eigenvalue weighted by atomic mass is 16.8. The zero-order valence-electron chi connectivity index (χ0n) is 15.6. The molecule has 2 fully saturated rings. The Bertz CT molecular complexity index is 527. The fraction of sp³-hybridized carbons (Fsp3) is 0.714. The van der Waals surface area contributed by atoms with Gasteiger partial charge in [0.15, 0.2) is 12.6 Å².